The Morgan fingerprint density at radius 2 is 1.33 bits per heavy atom. The third kappa shape index (κ3) is 4.20. The first-order chi connectivity index (χ1) is 14.6. The molecule has 0 aromatic heterocycles. The van der Waals surface area contributed by atoms with E-state index in [1.165, 1.54) is 11.1 Å². The first-order valence-electron chi connectivity index (χ1n) is 10.8. The van der Waals surface area contributed by atoms with Crippen molar-refractivity contribution in [2.75, 3.05) is 0 Å². The quantitative estimate of drug-likeness (QED) is 0.525. The third-order valence-corrected chi connectivity index (χ3v) is 6.36. The van der Waals surface area contributed by atoms with Crippen molar-refractivity contribution in [2.45, 2.75) is 57.9 Å². The summed E-state index contributed by atoms with van der Waals surface area (Å²) in [5, 5.41) is 0. The molecule has 0 spiro atoms. The summed E-state index contributed by atoms with van der Waals surface area (Å²) in [5.74, 6) is 0. The lowest BCUT2D eigenvalue weighted by Crippen LogP contribution is -2.64. The van der Waals surface area contributed by atoms with Crippen molar-refractivity contribution in [2.24, 2.45) is 0 Å². The Bertz CT molecular complexity index is 915. The summed E-state index contributed by atoms with van der Waals surface area (Å²) in [6.07, 6.45) is -0.318. The average molecular weight is 402 g/mol. The van der Waals surface area contributed by atoms with Gasteiger partial charge in [0.25, 0.3) is 0 Å². The molecule has 0 aliphatic carbocycles. The number of benzene rings is 3. The predicted octanol–water partition coefficient (Wildman–Crippen LogP) is 5.75. The van der Waals surface area contributed by atoms with Crippen LogP contribution in [0.5, 0.6) is 0 Å². The topological polar surface area (TPSA) is 21.7 Å². The molecule has 0 radical (unpaired) electrons. The van der Waals surface area contributed by atoms with Gasteiger partial charge in [-0.3, -0.25) is 4.90 Å². The van der Waals surface area contributed by atoms with Gasteiger partial charge in [-0.1, -0.05) is 91.0 Å². The Labute approximate surface area is 180 Å². The predicted molar refractivity (Wildman–Crippen MR) is 121 cm³/mol. The van der Waals surface area contributed by atoms with Crippen LogP contribution in [0.25, 0.3) is 0 Å². The number of ether oxygens (including phenoxy) is 2. The van der Waals surface area contributed by atoms with Crippen LogP contribution in [0.1, 0.15) is 37.5 Å². The molecular weight excluding hydrogens is 370 g/mol. The molecule has 3 heteroatoms. The maximum Gasteiger partial charge on any atom is 0.180 e. The van der Waals surface area contributed by atoms with Crippen LogP contribution < -0.4 is 0 Å². The molecule has 3 unspecified atom stereocenters. The fraction of sp³-hybridized carbons (Fsp3) is 0.333. The number of morpholine rings is 1. The maximum atomic E-state index is 6.49. The molecule has 156 valence electrons. The standard InChI is InChI=1S/C27H31NO2/c1-21-22(2)30-26(29-20-24-15-9-5-10-16-24)27(3,25-17-11-6-12-18-25)28(21)19-23-13-7-4-8-14-23/h4-18,21-22,26H,19-20H2,1-3H3/t21?,22?,26?,27-/m0/s1. The van der Waals surface area contributed by atoms with Crippen LogP contribution in [0.15, 0.2) is 91.0 Å². The first kappa shape index (κ1) is 20.8. The smallest absolute Gasteiger partial charge is 0.180 e. The Kier molecular flexibility index (Phi) is 6.33. The maximum absolute atomic E-state index is 6.49. The zero-order valence-electron chi connectivity index (χ0n) is 18.1. The Morgan fingerprint density at radius 3 is 1.93 bits per heavy atom. The van der Waals surface area contributed by atoms with Crippen molar-refractivity contribution in [3.8, 4) is 0 Å². The molecule has 0 bridgehead atoms. The minimum atomic E-state index is -0.419. The summed E-state index contributed by atoms with van der Waals surface area (Å²) < 4.78 is 13.0. The van der Waals surface area contributed by atoms with E-state index in [0.29, 0.717) is 6.61 Å². The van der Waals surface area contributed by atoms with Crippen LogP contribution in [-0.2, 0) is 28.2 Å². The van der Waals surface area contributed by atoms with Crippen LogP contribution in [0, 0.1) is 0 Å². The van der Waals surface area contributed by atoms with E-state index in [9.17, 15) is 0 Å². The molecule has 30 heavy (non-hydrogen) atoms. The molecule has 0 saturated carbocycles. The highest BCUT2D eigenvalue weighted by molar-refractivity contribution is 5.27. The van der Waals surface area contributed by atoms with Crippen LogP contribution in [0.2, 0.25) is 0 Å². The highest BCUT2D eigenvalue weighted by Gasteiger charge is 2.50. The zero-order valence-corrected chi connectivity index (χ0v) is 18.1. The molecule has 3 aromatic carbocycles. The highest BCUT2D eigenvalue weighted by atomic mass is 16.7. The van der Waals surface area contributed by atoms with Crippen molar-refractivity contribution in [1.82, 2.24) is 4.90 Å². The van der Waals surface area contributed by atoms with Gasteiger partial charge in [0.05, 0.1) is 18.2 Å². The Hall–Kier alpha value is -2.46. The van der Waals surface area contributed by atoms with Gasteiger partial charge in [0, 0.05) is 12.6 Å². The summed E-state index contributed by atoms with van der Waals surface area (Å²) in [6, 6.07) is 31.8. The molecule has 1 aliphatic heterocycles. The number of nitrogens with zero attached hydrogens (tertiary/aromatic N) is 1. The van der Waals surface area contributed by atoms with Crippen molar-refractivity contribution >= 4 is 0 Å². The van der Waals surface area contributed by atoms with Crippen LogP contribution in [0.4, 0.5) is 0 Å². The lowest BCUT2D eigenvalue weighted by atomic mass is 9.84. The zero-order chi connectivity index (χ0) is 21.0. The van der Waals surface area contributed by atoms with E-state index in [0.717, 1.165) is 12.1 Å². The molecule has 4 atom stereocenters. The van der Waals surface area contributed by atoms with Gasteiger partial charge in [-0.15, -0.1) is 0 Å². The number of rotatable bonds is 6. The third-order valence-electron chi connectivity index (χ3n) is 6.36. The van der Waals surface area contributed by atoms with E-state index in [1.807, 2.05) is 18.2 Å². The van der Waals surface area contributed by atoms with Gasteiger partial charge in [0.15, 0.2) is 6.29 Å². The Morgan fingerprint density at radius 1 is 0.800 bits per heavy atom. The van der Waals surface area contributed by atoms with Gasteiger partial charge in [0.2, 0.25) is 0 Å². The molecule has 1 aliphatic rings. The fourth-order valence-corrected chi connectivity index (χ4v) is 4.37. The van der Waals surface area contributed by atoms with Gasteiger partial charge < -0.3 is 9.47 Å². The lowest BCUT2D eigenvalue weighted by molar-refractivity contribution is -0.290. The molecule has 1 heterocycles. The van der Waals surface area contributed by atoms with Crippen molar-refractivity contribution in [1.29, 1.82) is 0 Å². The minimum absolute atomic E-state index is 0.0614. The molecule has 0 amide bonds. The summed E-state index contributed by atoms with van der Waals surface area (Å²) in [7, 11) is 0. The molecule has 3 nitrogen and oxygen atoms in total. The monoisotopic (exact) mass is 401 g/mol. The van der Waals surface area contributed by atoms with Crippen molar-refractivity contribution < 1.29 is 9.47 Å². The van der Waals surface area contributed by atoms with E-state index in [4.69, 9.17) is 9.47 Å². The van der Waals surface area contributed by atoms with E-state index >= 15 is 0 Å². The Balaban J connectivity index is 1.70. The summed E-state index contributed by atoms with van der Waals surface area (Å²) in [6.45, 7) is 8.01. The average Bonchev–Trinajstić information content (AvgIpc) is 2.80. The molecular formula is C27H31NO2. The molecule has 3 aromatic rings. The second-order valence-electron chi connectivity index (χ2n) is 8.34. The van der Waals surface area contributed by atoms with E-state index < -0.39 is 5.54 Å². The number of hydrogen-bond donors (Lipinski definition) is 0. The molecule has 0 N–H and O–H groups in total. The summed E-state index contributed by atoms with van der Waals surface area (Å²) in [4.78, 5) is 2.54. The fourth-order valence-electron chi connectivity index (χ4n) is 4.37. The van der Waals surface area contributed by atoms with E-state index in [1.54, 1.807) is 0 Å². The van der Waals surface area contributed by atoms with Gasteiger partial charge >= 0.3 is 0 Å². The molecule has 1 fully saturated rings. The normalized spacial score (nSPS) is 27.1. The van der Waals surface area contributed by atoms with E-state index in [-0.39, 0.29) is 18.4 Å². The van der Waals surface area contributed by atoms with Gasteiger partial charge in [-0.2, -0.15) is 0 Å². The molecule has 4 rings (SSSR count). The van der Waals surface area contributed by atoms with Crippen molar-refractivity contribution in [3.05, 3.63) is 108 Å². The summed E-state index contributed by atoms with van der Waals surface area (Å²) >= 11 is 0. The first-order valence-corrected chi connectivity index (χ1v) is 10.8. The van der Waals surface area contributed by atoms with Crippen LogP contribution in [0.3, 0.4) is 0 Å². The van der Waals surface area contributed by atoms with Gasteiger partial charge in [-0.05, 0) is 37.5 Å². The largest absolute Gasteiger partial charge is 0.346 e. The van der Waals surface area contributed by atoms with Crippen molar-refractivity contribution in [3.63, 3.8) is 0 Å². The van der Waals surface area contributed by atoms with E-state index in [2.05, 4.69) is 98.5 Å². The van der Waals surface area contributed by atoms with Gasteiger partial charge in [-0.25, -0.2) is 0 Å². The SMILES string of the molecule is CC1OC(OCc2ccccc2)[C@](C)(c2ccccc2)N(Cc2ccccc2)C1C. The van der Waals surface area contributed by atoms with Crippen LogP contribution >= 0.6 is 0 Å². The minimum Gasteiger partial charge on any atom is -0.346 e. The number of hydrogen-bond acceptors (Lipinski definition) is 3. The van der Waals surface area contributed by atoms with Crippen LogP contribution in [-0.4, -0.2) is 23.3 Å². The highest BCUT2D eigenvalue weighted by Crippen LogP contribution is 2.42. The second kappa shape index (κ2) is 9.13. The summed E-state index contributed by atoms with van der Waals surface area (Å²) in [5.41, 5.74) is 3.23. The lowest BCUT2D eigenvalue weighted by Gasteiger charge is -2.55. The van der Waals surface area contributed by atoms with Gasteiger partial charge in [0.1, 0.15) is 0 Å². The molecule has 1 saturated heterocycles. The second-order valence-corrected chi connectivity index (χ2v) is 8.34.